The van der Waals surface area contributed by atoms with Gasteiger partial charge in [0.1, 0.15) is 0 Å². The van der Waals surface area contributed by atoms with Crippen LogP contribution in [0.25, 0.3) is 0 Å². The van der Waals surface area contributed by atoms with Crippen LogP contribution >= 0.6 is 0 Å². The van der Waals surface area contributed by atoms with Gasteiger partial charge in [0, 0.05) is 6.54 Å². The number of amides is 1. The number of halogens is 3. The van der Waals surface area contributed by atoms with Crippen LogP contribution in [0.4, 0.5) is 13.2 Å². The molecule has 15 heavy (non-hydrogen) atoms. The van der Waals surface area contributed by atoms with E-state index in [0.29, 0.717) is 0 Å². The fourth-order valence-electron chi connectivity index (χ4n) is 1.98. The molecule has 1 amide bonds. The van der Waals surface area contributed by atoms with Crippen molar-refractivity contribution < 1.29 is 18.0 Å². The standard InChI is InChI=1S/C10H16F3NO/c1-9(5-3-2-4-6-9)7-14-8(15)10(11,12)13/h2-7H2,1H3,(H,14,15). The van der Waals surface area contributed by atoms with E-state index in [1.807, 2.05) is 12.2 Å². The lowest BCUT2D eigenvalue weighted by Crippen LogP contribution is -2.43. The van der Waals surface area contributed by atoms with Gasteiger partial charge in [0.15, 0.2) is 0 Å². The SMILES string of the molecule is CC1(CNC(=O)C(F)(F)F)CCCCC1. The summed E-state index contributed by atoms with van der Waals surface area (Å²) < 4.78 is 35.7. The Morgan fingerprint density at radius 1 is 1.27 bits per heavy atom. The second-order valence-electron chi connectivity index (χ2n) is 4.55. The predicted octanol–water partition coefficient (Wildman–Crippen LogP) is 2.64. The van der Waals surface area contributed by atoms with Gasteiger partial charge in [-0.3, -0.25) is 4.79 Å². The monoisotopic (exact) mass is 223 g/mol. The third-order valence-corrected chi connectivity index (χ3v) is 2.99. The minimum absolute atomic E-state index is 0.130. The van der Waals surface area contributed by atoms with Crippen LogP contribution in [-0.4, -0.2) is 18.6 Å². The molecular formula is C10H16F3NO. The van der Waals surface area contributed by atoms with E-state index in [1.54, 1.807) is 0 Å². The summed E-state index contributed by atoms with van der Waals surface area (Å²) in [5.74, 6) is -1.82. The van der Waals surface area contributed by atoms with E-state index < -0.39 is 12.1 Å². The molecule has 0 spiro atoms. The average molecular weight is 223 g/mol. The van der Waals surface area contributed by atoms with Gasteiger partial charge in [0.2, 0.25) is 0 Å². The number of nitrogens with one attached hydrogen (secondary N) is 1. The van der Waals surface area contributed by atoms with E-state index in [0.717, 1.165) is 32.1 Å². The van der Waals surface area contributed by atoms with E-state index in [-0.39, 0.29) is 12.0 Å². The molecule has 0 bridgehead atoms. The average Bonchev–Trinajstić information content (AvgIpc) is 2.14. The first-order chi connectivity index (χ1) is 6.83. The van der Waals surface area contributed by atoms with Gasteiger partial charge in [-0.05, 0) is 18.3 Å². The molecule has 0 radical (unpaired) electrons. The first-order valence-corrected chi connectivity index (χ1v) is 5.19. The zero-order valence-corrected chi connectivity index (χ0v) is 8.78. The molecule has 5 heteroatoms. The Bertz CT molecular complexity index is 231. The largest absolute Gasteiger partial charge is 0.471 e. The summed E-state index contributed by atoms with van der Waals surface area (Å²) in [7, 11) is 0. The van der Waals surface area contributed by atoms with E-state index in [9.17, 15) is 18.0 Å². The summed E-state index contributed by atoms with van der Waals surface area (Å²) in [6.45, 7) is 2.06. The minimum atomic E-state index is -4.76. The number of carbonyl (C=O) groups is 1. The molecule has 1 fully saturated rings. The highest BCUT2D eigenvalue weighted by atomic mass is 19.4. The fourth-order valence-corrected chi connectivity index (χ4v) is 1.98. The minimum Gasteiger partial charge on any atom is -0.348 e. The number of hydrogen-bond acceptors (Lipinski definition) is 1. The molecule has 1 aliphatic carbocycles. The summed E-state index contributed by atoms with van der Waals surface area (Å²) in [5, 5.41) is 1.97. The fraction of sp³-hybridized carbons (Fsp3) is 0.900. The molecule has 2 nitrogen and oxygen atoms in total. The van der Waals surface area contributed by atoms with Crippen molar-refractivity contribution in [1.82, 2.24) is 5.32 Å². The third kappa shape index (κ3) is 3.72. The summed E-state index contributed by atoms with van der Waals surface area (Å²) in [5.41, 5.74) is -0.154. The van der Waals surface area contributed by atoms with Gasteiger partial charge in [-0.25, -0.2) is 0 Å². The van der Waals surface area contributed by atoms with Gasteiger partial charge in [-0.15, -0.1) is 0 Å². The molecule has 0 saturated heterocycles. The maximum Gasteiger partial charge on any atom is 0.471 e. The van der Waals surface area contributed by atoms with Crippen LogP contribution < -0.4 is 5.32 Å². The highest BCUT2D eigenvalue weighted by Gasteiger charge is 2.39. The van der Waals surface area contributed by atoms with Crippen LogP contribution in [0.3, 0.4) is 0 Å². The normalized spacial score (nSPS) is 21.1. The van der Waals surface area contributed by atoms with Crippen LogP contribution in [0.2, 0.25) is 0 Å². The van der Waals surface area contributed by atoms with Crippen molar-refractivity contribution >= 4 is 5.91 Å². The van der Waals surface area contributed by atoms with Crippen molar-refractivity contribution in [3.63, 3.8) is 0 Å². The van der Waals surface area contributed by atoms with Crippen molar-refractivity contribution in [2.45, 2.75) is 45.2 Å². The predicted molar refractivity (Wildman–Crippen MR) is 50.3 cm³/mol. The van der Waals surface area contributed by atoms with Crippen LogP contribution in [0.15, 0.2) is 0 Å². The molecule has 88 valence electrons. The molecule has 0 atom stereocenters. The van der Waals surface area contributed by atoms with Crippen molar-refractivity contribution in [3.8, 4) is 0 Å². The summed E-state index contributed by atoms with van der Waals surface area (Å²) in [4.78, 5) is 10.6. The molecular weight excluding hydrogens is 207 g/mol. The number of rotatable bonds is 2. The van der Waals surface area contributed by atoms with Gasteiger partial charge in [-0.1, -0.05) is 26.2 Å². The molecule has 1 N–H and O–H groups in total. The smallest absolute Gasteiger partial charge is 0.348 e. The third-order valence-electron chi connectivity index (χ3n) is 2.99. The van der Waals surface area contributed by atoms with Crippen LogP contribution in [0.5, 0.6) is 0 Å². The van der Waals surface area contributed by atoms with E-state index in [1.165, 1.54) is 0 Å². The second kappa shape index (κ2) is 4.41. The molecule has 0 aromatic heterocycles. The molecule has 0 aliphatic heterocycles. The summed E-state index contributed by atoms with van der Waals surface area (Å²) in [6, 6.07) is 0. The molecule has 0 aromatic rings. The maximum absolute atomic E-state index is 11.9. The highest BCUT2D eigenvalue weighted by molar-refractivity contribution is 5.81. The van der Waals surface area contributed by atoms with E-state index in [4.69, 9.17) is 0 Å². The Hall–Kier alpha value is -0.740. The molecule has 1 aliphatic rings. The maximum atomic E-state index is 11.9. The number of alkyl halides is 3. The van der Waals surface area contributed by atoms with Gasteiger partial charge in [-0.2, -0.15) is 13.2 Å². The van der Waals surface area contributed by atoms with Crippen molar-refractivity contribution in [1.29, 1.82) is 0 Å². The summed E-state index contributed by atoms with van der Waals surface area (Å²) in [6.07, 6.45) is 0.251. The first kappa shape index (κ1) is 12.3. The van der Waals surface area contributed by atoms with Crippen LogP contribution in [0, 0.1) is 5.41 Å². The molecule has 0 heterocycles. The van der Waals surface area contributed by atoms with Gasteiger partial charge >= 0.3 is 12.1 Å². The lowest BCUT2D eigenvalue weighted by molar-refractivity contribution is -0.174. The summed E-state index contributed by atoms with van der Waals surface area (Å²) >= 11 is 0. The molecule has 1 rings (SSSR count). The first-order valence-electron chi connectivity index (χ1n) is 5.19. The van der Waals surface area contributed by atoms with E-state index >= 15 is 0 Å². The van der Waals surface area contributed by atoms with Crippen molar-refractivity contribution in [2.24, 2.45) is 5.41 Å². The Morgan fingerprint density at radius 2 is 1.80 bits per heavy atom. The van der Waals surface area contributed by atoms with Crippen LogP contribution in [-0.2, 0) is 4.79 Å². The second-order valence-corrected chi connectivity index (χ2v) is 4.55. The zero-order chi connectivity index (χ0) is 11.5. The Labute approximate surface area is 87.2 Å². The van der Waals surface area contributed by atoms with Gasteiger partial charge < -0.3 is 5.32 Å². The van der Waals surface area contributed by atoms with Crippen LogP contribution in [0.1, 0.15) is 39.0 Å². The topological polar surface area (TPSA) is 29.1 Å². The molecule has 0 aromatic carbocycles. The molecule has 0 unspecified atom stereocenters. The lowest BCUT2D eigenvalue weighted by Gasteiger charge is -2.33. The Balaban J connectivity index is 2.38. The molecule has 1 saturated carbocycles. The zero-order valence-electron chi connectivity index (χ0n) is 8.78. The van der Waals surface area contributed by atoms with Gasteiger partial charge in [0.25, 0.3) is 0 Å². The van der Waals surface area contributed by atoms with Crippen molar-refractivity contribution in [3.05, 3.63) is 0 Å². The van der Waals surface area contributed by atoms with E-state index in [2.05, 4.69) is 0 Å². The number of carbonyl (C=O) groups excluding carboxylic acids is 1. The van der Waals surface area contributed by atoms with Crippen molar-refractivity contribution in [2.75, 3.05) is 6.54 Å². The Kier molecular flexibility index (Phi) is 3.62. The quantitative estimate of drug-likeness (QED) is 0.766. The lowest BCUT2D eigenvalue weighted by atomic mass is 9.76. The Morgan fingerprint density at radius 3 is 2.27 bits per heavy atom. The van der Waals surface area contributed by atoms with Gasteiger partial charge in [0.05, 0.1) is 0 Å². The highest BCUT2D eigenvalue weighted by Crippen LogP contribution is 2.35. The number of hydrogen-bond donors (Lipinski definition) is 1.